The van der Waals surface area contributed by atoms with Gasteiger partial charge in [-0.25, -0.2) is 22.0 Å². The van der Waals surface area contributed by atoms with Crippen LogP contribution in [-0.4, -0.2) is 22.2 Å². The zero-order valence-corrected chi connectivity index (χ0v) is 13.6. The van der Waals surface area contributed by atoms with Crippen molar-refractivity contribution in [3.8, 4) is 0 Å². The summed E-state index contributed by atoms with van der Waals surface area (Å²) in [6.07, 6.45) is -2.42. The zero-order valence-electron chi connectivity index (χ0n) is 13.6. The number of rotatable bonds is 7. The maximum absolute atomic E-state index is 14.4. The maximum atomic E-state index is 14.4. The average Bonchev–Trinajstić information content (AvgIpc) is 2.63. The molecule has 0 aliphatic rings. The Morgan fingerprint density at radius 1 is 0.815 bits per heavy atom. The summed E-state index contributed by atoms with van der Waals surface area (Å²) in [5.74, 6) is -15.0. The van der Waals surface area contributed by atoms with Crippen LogP contribution in [-0.2, 0) is 21.4 Å². The smallest absolute Gasteiger partial charge is 0.314 e. The van der Waals surface area contributed by atoms with E-state index in [4.69, 9.17) is 5.11 Å². The third-order valence-corrected chi connectivity index (χ3v) is 4.21. The monoisotopic (exact) mass is 388 g/mol. The number of aliphatic carboxylic acids is 2. The molecule has 2 rings (SSSR count). The van der Waals surface area contributed by atoms with E-state index in [1.54, 1.807) is 6.07 Å². The number of halogens is 5. The van der Waals surface area contributed by atoms with E-state index in [-0.39, 0.29) is 5.56 Å². The summed E-state index contributed by atoms with van der Waals surface area (Å²) >= 11 is 0. The van der Waals surface area contributed by atoms with Crippen LogP contribution in [0, 0.1) is 29.1 Å². The van der Waals surface area contributed by atoms with E-state index in [0.717, 1.165) is 0 Å². The molecule has 9 heteroatoms. The Kier molecular flexibility index (Phi) is 5.82. The van der Waals surface area contributed by atoms with Gasteiger partial charge in [0.25, 0.3) is 0 Å². The van der Waals surface area contributed by atoms with Crippen LogP contribution in [0.25, 0.3) is 0 Å². The molecular formula is C18H13F5O4. The van der Waals surface area contributed by atoms with Crippen LogP contribution >= 0.6 is 0 Å². The quantitative estimate of drug-likeness (QED) is 0.430. The first-order valence-corrected chi connectivity index (χ1v) is 7.63. The first-order chi connectivity index (χ1) is 12.6. The van der Waals surface area contributed by atoms with Crippen molar-refractivity contribution in [3.63, 3.8) is 0 Å². The Hall–Kier alpha value is -2.97. The van der Waals surface area contributed by atoms with E-state index in [9.17, 15) is 36.6 Å². The van der Waals surface area contributed by atoms with Gasteiger partial charge in [0.15, 0.2) is 23.3 Å². The van der Waals surface area contributed by atoms with E-state index in [1.165, 1.54) is 24.3 Å². The van der Waals surface area contributed by atoms with Crippen LogP contribution in [0.2, 0.25) is 0 Å². The molecule has 1 atom stereocenters. The lowest BCUT2D eigenvalue weighted by Crippen LogP contribution is -2.41. The number of carboxylic acid groups (broad SMARTS) is 2. The molecule has 27 heavy (non-hydrogen) atoms. The summed E-state index contributed by atoms with van der Waals surface area (Å²) in [6, 6.07) is 7.33. The Morgan fingerprint density at radius 3 is 1.74 bits per heavy atom. The summed E-state index contributed by atoms with van der Waals surface area (Å²) < 4.78 is 69.4. The highest BCUT2D eigenvalue weighted by atomic mass is 19.2. The fourth-order valence-electron chi connectivity index (χ4n) is 2.88. The van der Waals surface area contributed by atoms with Crippen LogP contribution < -0.4 is 0 Å². The highest BCUT2D eigenvalue weighted by Gasteiger charge is 2.47. The summed E-state index contributed by atoms with van der Waals surface area (Å²) in [4.78, 5) is 22.9. The minimum Gasteiger partial charge on any atom is -0.481 e. The zero-order chi connectivity index (χ0) is 20.4. The standard InChI is InChI=1S/C18H13F5O4/c19-12-11(13(20)15(22)16(23)14(12)21)18(17(26)27,7-6-10(24)25)8-9-4-2-1-3-5-9/h1-5H,6-8H2,(H,24,25)(H,26,27). The summed E-state index contributed by atoms with van der Waals surface area (Å²) in [7, 11) is 0. The Labute approximate surface area is 149 Å². The number of carboxylic acids is 2. The van der Waals surface area contributed by atoms with Gasteiger partial charge < -0.3 is 10.2 Å². The molecule has 0 radical (unpaired) electrons. The highest BCUT2D eigenvalue weighted by Crippen LogP contribution is 2.39. The molecule has 0 heterocycles. The van der Waals surface area contributed by atoms with Crippen LogP contribution in [0.3, 0.4) is 0 Å². The topological polar surface area (TPSA) is 74.6 Å². The van der Waals surface area contributed by atoms with Crippen molar-refractivity contribution < 1.29 is 41.8 Å². The van der Waals surface area contributed by atoms with E-state index in [1.807, 2.05) is 0 Å². The second-order valence-corrected chi connectivity index (χ2v) is 5.89. The van der Waals surface area contributed by atoms with Crippen molar-refractivity contribution >= 4 is 11.9 Å². The first-order valence-electron chi connectivity index (χ1n) is 7.63. The molecule has 4 nitrogen and oxygen atoms in total. The van der Waals surface area contributed by atoms with Gasteiger partial charge in [-0.05, 0) is 18.4 Å². The van der Waals surface area contributed by atoms with Crippen LogP contribution in [0.4, 0.5) is 22.0 Å². The predicted molar refractivity (Wildman–Crippen MR) is 82.6 cm³/mol. The lowest BCUT2D eigenvalue weighted by Gasteiger charge is -2.31. The Bertz CT molecular complexity index is 856. The summed E-state index contributed by atoms with van der Waals surface area (Å²) in [5.41, 5.74) is -4.02. The van der Waals surface area contributed by atoms with E-state index >= 15 is 0 Å². The van der Waals surface area contributed by atoms with Gasteiger partial charge >= 0.3 is 11.9 Å². The maximum Gasteiger partial charge on any atom is 0.314 e. The second-order valence-electron chi connectivity index (χ2n) is 5.89. The fourth-order valence-corrected chi connectivity index (χ4v) is 2.88. The SMILES string of the molecule is O=C(O)CCC(Cc1ccccc1)(C(=O)O)c1c(F)c(F)c(F)c(F)c1F. The first kappa shape index (κ1) is 20.3. The Balaban J connectivity index is 2.79. The second kappa shape index (κ2) is 7.73. The molecule has 0 spiro atoms. The largest absolute Gasteiger partial charge is 0.481 e. The van der Waals surface area contributed by atoms with E-state index in [0.29, 0.717) is 0 Å². The molecular weight excluding hydrogens is 375 g/mol. The number of benzene rings is 2. The van der Waals surface area contributed by atoms with Crippen LogP contribution in [0.1, 0.15) is 24.0 Å². The van der Waals surface area contributed by atoms with E-state index < -0.39 is 71.3 Å². The molecule has 2 aromatic carbocycles. The summed E-state index contributed by atoms with van der Waals surface area (Å²) in [6.45, 7) is 0. The van der Waals surface area contributed by atoms with Crippen molar-refractivity contribution in [3.05, 3.63) is 70.5 Å². The molecule has 2 N–H and O–H groups in total. The lowest BCUT2D eigenvalue weighted by molar-refractivity contribution is -0.145. The number of carbonyl (C=O) groups is 2. The van der Waals surface area contributed by atoms with Crippen molar-refractivity contribution in [2.24, 2.45) is 0 Å². The summed E-state index contributed by atoms with van der Waals surface area (Å²) in [5, 5.41) is 18.6. The molecule has 0 saturated heterocycles. The van der Waals surface area contributed by atoms with Crippen molar-refractivity contribution in [2.45, 2.75) is 24.7 Å². The molecule has 2 aromatic rings. The third-order valence-electron chi connectivity index (χ3n) is 4.21. The van der Waals surface area contributed by atoms with Gasteiger partial charge in [0.1, 0.15) is 5.41 Å². The molecule has 0 aromatic heterocycles. The van der Waals surface area contributed by atoms with Crippen LogP contribution in [0.5, 0.6) is 0 Å². The van der Waals surface area contributed by atoms with Crippen molar-refractivity contribution in [1.82, 2.24) is 0 Å². The van der Waals surface area contributed by atoms with E-state index in [2.05, 4.69) is 0 Å². The fraction of sp³-hybridized carbons (Fsp3) is 0.222. The van der Waals surface area contributed by atoms with Gasteiger partial charge in [-0.15, -0.1) is 0 Å². The van der Waals surface area contributed by atoms with Gasteiger partial charge in [-0.1, -0.05) is 30.3 Å². The normalized spacial score (nSPS) is 13.2. The molecule has 0 bridgehead atoms. The van der Waals surface area contributed by atoms with Gasteiger partial charge in [0.2, 0.25) is 5.82 Å². The Morgan fingerprint density at radius 2 is 1.30 bits per heavy atom. The molecule has 0 aliphatic heterocycles. The van der Waals surface area contributed by atoms with Gasteiger partial charge in [0.05, 0.1) is 0 Å². The molecule has 0 saturated carbocycles. The molecule has 1 unspecified atom stereocenters. The van der Waals surface area contributed by atoms with Gasteiger partial charge in [-0.2, -0.15) is 0 Å². The third kappa shape index (κ3) is 3.76. The number of hydrogen-bond acceptors (Lipinski definition) is 2. The average molecular weight is 388 g/mol. The molecule has 144 valence electrons. The minimum atomic E-state index is -2.68. The van der Waals surface area contributed by atoms with Gasteiger partial charge in [0, 0.05) is 12.0 Å². The van der Waals surface area contributed by atoms with Gasteiger partial charge in [-0.3, -0.25) is 9.59 Å². The molecule has 0 fully saturated rings. The number of hydrogen-bond donors (Lipinski definition) is 2. The van der Waals surface area contributed by atoms with Crippen molar-refractivity contribution in [1.29, 1.82) is 0 Å². The predicted octanol–water partition coefficient (Wildman–Crippen LogP) is 3.81. The molecule has 0 aliphatic carbocycles. The lowest BCUT2D eigenvalue weighted by atomic mass is 9.71. The van der Waals surface area contributed by atoms with Crippen molar-refractivity contribution in [2.75, 3.05) is 0 Å². The molecule has 0 amide bonds. The highest BCUT2D eigenvalue weighted by molar-refractivity contribution is 5.83. The minimum absolute atomic E-state index is 0.217. The van der Waals surface area contributed by atoms with Crippen LogP contribution in [0.15, 0.2) is 30.3 Å².